The molecule has 1 aliphatic carbocycles. The lowest BCUT2D eigenvalue weighted by atomic mass is 9.77. The van der Waals surface area contributed by atoms with Crippen LogP contribution >= 0.6 is 0 Å². The number of methoxy groups -OCH3 is 2. The molecular formula is C24H26N2O3. The van der Waals surface area contributed by atoms with E-state index >= 15 is 0 Å². The minimum Gasteiger partial charge on any atom is -0.497 e. The first kappa shape index (κ1) is 19.2. The number of carbonyl (C=O) groups is 1. The van der Waals surface area contributed by atoms with Gasteiger partial charge in [0.25, 0.3) is 0 Å². The third-order valence-electron chi connectivity index (χ3n) is 5.76. The first-order valence-corrected chi connectivity index (χ1v) is 9.89. The van der Waals surface area contributed by atoms with Crippen molar-refractivity contribution in [2.24, 2.45) is 11.0 Å². The first-order chi connectivity index (χ1) is 14.0. The van der Waals surface area contributed by atoms with Crippen LogP contribution in [0.3, 0.4) is 0 Å². The van der Waals surface area contributed by atoms with E-state index in [4.69, 9.17) is 14.6 Å². The summed E-state index contributed by atoms with van der Waals surface area (Å²) in [7, 11) is 3.36. The van der Waals surface area contributed by atoms with E-state index in [9.17, 15) is 4.79 Å². The average Bonchev–Trinajstić information content (AvgIpc) is 3.13. The molecule has 0 saturated heterocycles. The van der Waals surface area contributed by atoms with Crippen molar-refractivity contribution in [2.45, 2.75) is 32.7 Å². The van der Waals surface area contributed by atoms with E-state index in [2.05, 4.69) is 24.3 Å². The van der Waals surface area contributed by atoms with Crippen molar-refractivity contribution in [3.05, 3.63) is 70.9 Å². The van der Waals surface area contributed by atoms with Crippen LogP contribution in [0.25, 0.3) is 0 Å². The predicted octanol–water partition coefficient (Wildman–Crippen LogP) is 4.52. The number of hydrazone groups is 1. The highest BCUT2D eigenvalue weighted by Crippen LogP contribution is 2.45. The smallest absolute Gasteiger partial charge is 0.154 e. The summed E-state index contributed by atoms with van der Waals surface area (Å²) < 4.78 is 10.8. The molecule has 0 amide bonds. The fourth-order valence-corrected chi connectivity index (χ4v) is 4.40. The van der Waals surface area contributed by atoms with Crippen LogP contribution in [-0.2, 0) is 11.2 Å². The summed E-state index contributed by atoms with van der Waals surface area (Å²) in [6, 6.07) is 14.4. The van der Waals surface area contributed by atoms with E-state index in [1.807, 2.05) is 30.1 Å². The van der Waals surface area contributed by atoms with E-state index in [0.29, 0.717) is 0 Å². The summed E-state index contributed by atoms with van der Waals surface area (Å²) in [6.45, 7) is 3.52. The number of ether oxygens (including phenoxy) is 2. The number of fused-ring (bicyclic) bond motifs is 3. The first-order valence-electron chi connectivity index (χ1n) is 9.89. The van der Waals surface area contributed by atoms with Gasteiger partial charge in [-0.3, -0.25) is 9.80 Å². The molecule has 29 heavy (non-hydrogen) atoms. The van der Waals surface area contributed by atoms with Crippen molar-refractivity contribution < 1.29 is 14.3 Å². The minimum absolute atomic E-state index is 0.0214. The minimum atomic E-state index is 0.0214. The predicted molar refractivity (Wildman–Crippen MR) is 113 cm³/mol. The second-order valence-corrected chi connectivity index (χ2v) is 7.61. The van der Waals surface area contributed by atoms with Crippen molar-refractivity contribution in [2.75, 3.05) is 14.2 Å². The quantitative estimate of drug-likeness (QED) is 0.705. The molecule has 2 aliphatic rings. The Kier molecular flexibility index (Phi) is 5.14. The van der Waals surface area contributed by atoms with Gasteiger partial charge in [0.05, 0.1) is 26.0 Å². The van der Waals surface area contributed by atoms with Gasteiger partial charge in [-0.05, 0) is 62.1 Å². The Hall–Kier alpha value is -3.08. The number of hydrogen-bond donors (Lipinski definition) is 0. The molecule has 1 heterocycles. The molecule has 5 heteroatoms. The summed E-state index contributed by atoms with van der Waals surface area (Å²) in [5.74, 6) is 1.93. The van der Waals surface area contributed by atoms with Gasteiger partial charge in [-0.2, -0.15) is 5.10 Å². The van der Waals surface area contributed by atoms with Crippen LogP contribution in [0.4, 0.5) is 0 Å². The molecule has 0 unspecified atom stereocenters. The molecule has 5 nitrogen and oxygen atoms in total. The number of benzene rings is 2. The number of carbonyl (C=O) groups excluding carboxylic acids is 1. The summed E-state index contributed by atoms with van der Waals surface area (Å²) in [5, 5.41) is 7.03. The van der Waals surface area contributed by atoms with Crippen LogP contribution in [0.2, 0.25) is 0 Å². The standard InChI is InChI=1S/C24H26N2O3/c1-15(13-16(2)27)26-24(18-6-9-19(28-3)10-7-18)21-12-8-17-5-11-20(29-4)14-22(17)23(21)25-26/h5-7,9-11,13-14,21,24H,8,12H2,1-4H3/b15-13+/t21-,24+/m0/s1. The van der Waals surface area contributed by atoms with Crippen molar-refractivity contribution in [3.63, 3.8) is 0 Å². The zero-order chi connectivity index (χ0) is 20.5. The highest BCUT2D eigenvalue weighted by Gasteiger charge is 2.42. The van der Waals surface area contributed by atoms with Gasteiger partial charge in [0.2, 0.25) is 0 Å². The zero-order valence-corrected chi connectivity index (χ0v) is 17.3. The Bertz CT molecular complexity index is 992. The third-order valence-corrected chi connectivity index (χ3v) is 5.76. The molecule has 0 fully saturated rings. The molecule has 2 atom stereocenters. The summed E-state index contributed by atoms with van der Waals surface area (Å²) in [4.78, 5) is 11.7. The molecule has 0 aromatic heterocycles. The topological polar surface area (TPSA) is 51.1 Å². The fourth-order valence-electron chi connectivity index (χ4n) is 4.40. The lowest BCUT2D eigenvalue weighted by molar-refractivity contribution is -0.112. The number of allylic oxidation sites excluding steroid dienone is 2. The second kappa shape index (κ2) is 7.74. The van der Waals surface area contributed by atoms with E-state index < -0.39 is 0 Å². The van der Waals surface area contributed by atoms with E-state index in [1.54, 1.807) is 27.2 Å². The van der Waals surface area contributed by atoms with Gasteiger partial charge in [-0.1, -0.05) is 18.2 Å². The maximum atomic E-state index is 11.7. The number of nitrogens with zero attached hydrogens (tertiary/aromatic N) is 2. The fraction of sp³-hybridized carbons (Fsp3) is 0.333. The monoisotopic (exact) mass is 390 g/mol. The highest BCUT2D eigenvalue weighted by atomic mass is 16.5. The normalized spacial score (nSPS) is 20.6. The SMILES string of the molecule is COc1ccc([C@@H]2[C@H]3CCc4ccc(OC)cc4C3=NN2/C(C)=C/C(C)=O)cc1. The summed E-state index contributed by atoms with van der Waals surface area (Å²) in [5.41, 5.74) is 5.53. The Morgan fingerprint density at radius 3 is 2.41 bits per heavy atom. The Morgan fingerprint density at radius 2 is 1.76 bits per heavy atom. The summed E-state index contributed by atoms with van der Waals surface area (Å²) in [6.07, 6.45) is 3.67. The molecule has 0 saturated carbocycles. The number of hydrogen-bond acceptors (Lipinski definition) is 5. The van der Waals surface area contributed by atoms with Gasteiger partial charge < -0.3 is 9.47 Å². The lowest BCUT2D eigenvalue weighted by Gasteiger charge is -2.31. The maximum Gasteiger partial charge on any atom is 0.154 e. The van der Waals surface area contributed by atoms with Crippen molar-refractivity contribution >= 4 is 11.5 Å². The highest BCUT2D eigenvalue weighted by molar-refractivity contribution is 6.06. The molecule has 0 radical (unpaired) electrons. The van der Waals surface area contributed by atoms with Gasteiger partial charge in [0, 0.05) is 23.3 Å². The number of aryl methyl sites for hydroxylation is 1. The molecule has 1 aliphatic heterocycles. The Labute approximate surface area is 171 Å². The molecule has 0 N–H and O–H groups in total. The van der Waals surface area contributed by atoms with E-state index in [1.165, 1.54) is 5.56 Å². The zero-order valence-electron chi connectivity index (χ0n) is 17.3. The second-order valence-electron chi connectivity index (χ2n) is 7.61. The van der Waals surface area contributed by atoms with Crippen LogP contribution in [0, 0.1) is 5.92 Å². The molecule has 2 aromatic rings. The Balaban J connectivity index is 1.81. The van der Waals surface area contributed by atoms with Crippen molar-refractivity contribution in [1.82, 2.24) is 5.01 Å². The third kappa shape index (κ3) is 3.53. The number of rotatable bonds is 5. The van der Waals surface area contributed by atoms with Crippen LogP contribution in [0.5, 0.6) is 11.5 Å². The molecule has 2 aromatic carbocycles. The van der Waals surface area contributed by atoms with Gasteiger partial charge in [-0.15, -0.1) is 0 Å². The number of ketones is 1. The van der Waals surface area contributed by atoms with Crippen LogP contribution < -0.4 is 9.47 Å². The molecule has 0 bridgehead atoms. The van der Waals surface area contributed by atoms with Crippen LogP contribution in [0.1, 0.15) is 43.0 Å². The molecule has 4 rings (SSSR count). The largest absolute Gasteiger partial charge is 0.497 e. The maximum absolute atomic E-state index is 11.7. The Morgan fingerprint density at radius 1 is 1.07 bits per heavy atom. The summed E-state index contributed by atoms with van der Waals surface area (Å²) >= 11 is 0. The van der Waals surface area contributed by atoms with E-state index in [-0.39, 0.29) is 17.7 Å². The molecular weight excluding hydrogens is 364 g/mol. The molecule has 0 spiro atoms. The van der Waals surface area contributed by atoms with Gasteiger partial charge >= 0.3 is 0 Å². The lowest BCUT2D eigenvalue weighted by Crippen LogP contribution is -2.28. The van der Waals surface area contributed by atoms with Crippen molar-refractivity contribution in [1.29, 1.82) is 0 Å². The van der Waals surface area contributed by atoms with Gasteiger partial charge in [0.1, 0.15) is 11.5 Å². The van der Waals surface area contributed by atoms with Gasteiger partial charge in [-0.25, -0.2) is 0 Å². The van der Waals surface area contributed by atoms with Gasteiger partial charge in [0.15, 0.2) is 5.78 Å². The van der Waals surface area contributed by atoms with Crippen LogP contribution in [-0.4, -0.2) is 30.7 Å². The molecule has 150 valence electrons. The van der Waals surface area contributed by atoms with Crippen molar-refractivity contribution in [3.8, 4) is 11.5 Å². The van der Waals surface area contributed by atoms with E-state index in [0.717, 1.165) is 46.9 Å². The van der Waals surface area contributed by atoms with Crippen LogP contribution in [0.15, 0.2) is 59.3 Å². The average molecular weight is 390 g/mol.